The first-order chi connectivity index (χ1) is 6.99. The third-order valence-corrected chi connectivity index (χ3v) is 2.17. The molecule has 0 spiro atoms. The average Bonchev–Trinajstić information content (AvgIpc) is 2.12. The molecule has 4 heteroatoms. The SMILES string of the molecule is CC(C)C(C#N)C(=O)NCCCN(C)C. The Bertz CT molecular complexity index is 230. The topological polar surface area (TPSA) is 56.1 Å². The fourth-order valence-electron chi connectivity index (χ4n) is 1.23. The van der Waals surface area contributed by atoms with E-state index in [0.717, 1.165) is 13.0 Å². The molecule has 0 bridgehead atoms. The number of hydrogen-bond donors (Lipinski definition) is 1. The van der Waals surface area contributed by atoms with Gasteiger partial charge in [-0.15, -0.1) is 0 Å². The summed E-state index contributed by atoms with van der Waals surface area (Å²) in [4.78, 5) is 13.6. The molecule has 0 fully saturated rings. The fraction of sp³-hybridized carbons (Fsp3) is 0.818. The quantitative estimate of drug-likeness (QED) is 0.663. The molecule has 15 heavy (non-hydrogen) atoms. The molecule has 0 radical (unpaired) electrons. The highest BCUT2D eigenvalue weighted by Gasteiger charge is 2.20. The lowest BCUT2D eigenvalue weighted by molar-refractivity contribution is -0.124. The number of carbonyl (C=O) groups excluding carboxylic acids is 1. The van der Waals surface area contributed by atoms with Gasteiger partial charge in [-0.1, -0.05) is 13.8 Å². The molecule has 1 amide bonds. The number of hydrogen-bond acceptors (Lipinski definition) is 3. The molecular weight excluding hydrogens is 190 g/mol. The zero-order valence-corrected chi connectivity index (χ0v) is 10.1. The summed E-state index contributed by atoms with van der Waals surface area (Å²) in [6, 6.07) is 2.03. The van der Waals surface area contributed by atoms with Gasteiger partial charge < -0.3 is 10.2 Å². The summed E-state index contributed by atoms with van der Waals surface area (Å²) in [6.45, 7) is 5.35. The summed E-state index contributed by atoms with van der Waals surface area (Å²) in [7, 11) is 3.99. The standard InChI is InChI=1S/C11H21N3O/c1-9(2)10(8-12)11(15)13-6-5-7-14(3)4/h9-10H,5-7H2,1-4H3,(H,13,15). The third-order valence-electron chi connectivity index (χ3n) is 2.17. The highest BCUT2D eigenvalue weighted by atomic mass is 16.1. The number of carbonyl (C=O) groups is 1. The molecule has 0 aliphatic carbocycles. The van der Waals surface area contributed by atoms with Crippen LogP contribution in [-0.2, 0) is 4.79 Å². The van der Waals surface area contributed by atoms with Gasteiger partial charge in [0.05, 0.1) is 6.07 Å². The molecule has 0 aromatic rings. The van der Waals surface area contributed by atoms with Gasteiger partial charge in [0.15, 0.2) is 0 Å². The van der Waals surface area contributed by atoms with Crippen molar-refractivity contribution in [1.82, 2.24) is 10.2 Å². The van der Waals surface area contributed by atoms with Crippen LogP contribution in [0.3, 0.4) is 0 Å². The van der Waals surface area contributed by atoms with Crippen LogP contribution in [-0.4, -0.2) is 38.0 Å². The first-order valence-corrected chi connectivity index (χ1v) is 5.31. The maximum atomic E-state index is 11.5. The Labute approximate surface area is 92.3 Å². The first kappa shape index (κ1) is 13.9. The second-order valence-corrected chi connectivity index (χ2v) is 4.30. The van der Waals surface area contributed by atoms with Gasteiger partial charge in [-0.05, 0) is 33.0 Å². The maximum Gasteiger partial charge on any atom is 0.237 e. The molecule has 4 nitrogen and oxygen atoms in total. The predicted octanol–water partition coefficient (Wildman–Crippen LogP) is 0.850. The van der Waals surface area contributed by atoms with Crippen molar-refractivity contribution in [2.24, 2.45) is 11.8 Å². The molecule has 86 valence electrons. The molecule has 0 aliphatic rings. The minimum atomic E-state index is -0.524. The number of nitriles is 1. The summed E-state index contributed by atoms with van der Waals surface area (Å²) in [6.07, 6.45) is 0.912. The highest BCUT2D eigenvalue weighted by molar-refractivity contribution is 5.81. The van der Waals surface area contributed by atoms with Crippen molar-refractivity contribution in [3.8, 4) is 6.07 Å². The van der Waals surface area contributed by atoms with Crippen LogP contribution in [0.5, 0.6) is 0 Å². The van der Waals surface area contributed by atoms with Crippen LogP contribution < -0.4 is 5.32 Å². The molecule has 0 heterocycles. The van der Waals surface area contributed by atoms with Gasteiger partial charge in [0.1, 0.15) is 5.92 Å². The lowest BCUT2D eigenvalue weighted by Crippen LogP contribution is -2.34. The molecule has 0 aliphatic heterocycles. The summed E-state index contributed by atoms with van der Waals surface area (Å²) in [5, 5.41) is 11.6. The molecule has 0 saturated heterocycles. The first-order valence-electron chi connectivity index (χ1n) is 5.31. The van der Waals surface area contributed by atoms with E-state index in [9.17, 15) is 4.79 Å². The molecule has 0 aromatic carbocycles. The van der Waals surface area contributed by atoms with E-state index in [1.807, 2.05) is 34.0 Å². The third kappa shape index (κ3) is 6.08. The minimum absolute atomic E-state index is 0.0730. The Morgan fingerprint density at radius 2 is 2.07 bits per heavy atom. The highest BCUT2D eigenvalue weighted by Crippen LogP contribution is 2.08. The Kier molecular flexibility index (Phi) is 6.72. The van der Waals surface area contributed by atoms with Crippen LogP contribution in [0.1, 0.15) is 20.3 Å². The number of amides is 1. The maximum absolute atomic E-state index is 11.5. The lowest BCUT2D eigenvalue weighted by atomic mass is 9.97. The Morgan fingerprint density at radius 3 is 2.47 bits per heavy atom. The molecule has 0 rings (SSSR count). The number of nitrogens with zero attached hydrogens (tertiary/aromatic N) is 2. The Morgan fingerprint density at radius 1 is 1.47 bits per heavy atom. The van der Waals surface area contributed by atoms with Crippen molar-refractivity contribution in [3.05, 3.63) is 0 Å². The lowest BCUT2D eigenvalue weighted by Gasteiger charge is -2.14. The predicted molar refractivity (Wildman–Crippen MR) is 60.1 cm³/mol. The second kappa shape index (κ2) is 7.24. The van der Waals surface area contributed by atoms with Crippen molar-refractivity contribution in [3.63, 3.8) is 0 Å². The Hall–Kier alpha value is -1.08. The molecule has 1 unspecified atom stereocenters. The van der Waals surface area contributed by atoms with Gasteiger partial charge in [-0.2, -0.15) is 5.26 Å². The second-order valence-electron chi connectivity index (χ2n) is 4.30. The van der Waals surface area contributed by atoms with Crippen LogP contribution in [0.2, 0.25) is 0 Å². The van der Waals surface area contributed by atoms with Crippen molar-refractivity contribution in [2.45, 2.75) is 20.3 Å². The van der Waals surface area contributed by atoms with Crippen LogP contribution in [0.25, 0.3) is 0 Å². The van der Waals surface area contributed by atoms with E-state index in [4.69, 9.17) is 5.26 Å². The smallest absolute Gasteiger partial charge is 0.237 e. The van der Waals surface area contributed by atoms with Crippen LogP contribution in [0.4, 0.5) is 0 Å². The van der Waals surface area contributed by atoms with Gasteiger partial charge in [0.2, 0.25) is 5.91 Å². The summed E-state index contributed by atoms with van der Waals surface area (Å²) in [5.41, 5.74) is 0. The summed E-state index contributed by atoms with van der Waals surface area (Å²) in [5.74, 6) is -0.598. The van der Waals surface area contributed by atoms with E-state index in [0.29, 0.717) is 6.54 Å². The molecule has 0 aromatic heterocycles. The van der Waals surface area contributed by atoms with Crippen LogP contribution in [0.15, 0.2) is 0 Å². The molecule has 1 atom stereocenters. The van der Waals surface area contributed by atoms with E-state index < -0.39 is 5.92 Å². The van der Waals surface area contributed by atoms with E-state index in [-0.39, 0.29) is 11.8 Å². The Balaban J connectivity index is 3.79. The summed E-state index contributed by atoms with van der Waals surface area (Å²) < 4.78 is 0. The number of rotatable bonds is 6. The fourth-order valence-corrected chi connectivity index (χ4v) is 1.23. The van der Waals surface area contributed by atoms with Crippen molar-refractivity contribution in [2.75, 3.05) is 27.2 Å². The monoisotopic (exact) mass is 211 g/mol. The van der Waals surface area contributed by atoms with Crippen LogP contribution in [0, 0.1) is 23.2 Å². The summed E-state index contributed by atoms with van der Waals surface area (Å²) >= 11 is 0. The van der Waals surface area contributed by atoms with Crippen molar-refractivity contribution >= 4 is 5.91 Å². The largest absolute Gasteiger partial charge is 0.355 e. The molecule has 0 saturated carbocycles. The molecular formula is C11H21N3O. The molecule has 1 N–H and O–H groups in total. The normalized spacial score (nSPS) is 12.6. The van der Waals surface area contributed by atoms with E-state index in [1.54, 1.807) is 0 Å². The van der Waals surface area contributed by atoms with Crippen LogP contribution >= 0.6 is 0 Å². The van der Waals surface area contributed by atoms with Gasteiger partial charge in [0.25, 0.3) is 0 Å². The van der Waals surface area contributed by atoms with Gasteiger partial charge in [-0.3, -0.25) is 4.79 Å². The van der Waals surface area contributed by atoms with E-state index in [2.05, 4.69) is 10.2 Å². The van der Waals surface area contributed by atoms with E-state index >= 15 is 0 Å². The zero-order chi connectivity index (χ0) is 11.8. The minimum Gasteiger partial charge on any atom is -0.355 e. The van der Waals surface area contributed by atoms with E-state index in [1.165, 1.54) is 0 Å². The van der Waals surface area contributed by atoms with Gasteiger partial charge >= 0.3 is 0 Å². The van der Waals surface area contributed by atoms with Crippen molar-refractivity contribution in [1.29, 1.82) is 5.26 Å². The average molecular weight is 211 g/mol. The van der Waals surface area contributed by atoms with Gasteiger partial charge in [-0.25, -0.2) is 0 Å². The number of nitrogens with one attached hydrogen (secondary N) is 1. The zero-order valence-electron chi connectivity index (χ0n) is 10.1. The van der Waals surface area contributed by atoms with Gasteiger partial charge in [0, 0.05) is 6.54 Å². The van der Waals surface area contributed by atoms with Crippen molar-refractivity contribution < 1.29 is 4.79 Å².